The zero-order valence-electron chi connectivity index (χ0n) is 10.9. The zero-order valence-corrected chi connectivity index (χ0v) is 10.9. The number of para-hydroxylation sites is 1. The number of piperidine rings is 1. The second-order valence-corrected chi connectivity index (χ2v) is 5.35. The van der Waals surface area contributed by atoms with E-state index in [0.29, 0.717) is 12.5 Å². The maximum Gasteiger partial charge on any atom is 0.233 e. The number of likely N-dealkylation sites (tertiary alicyclic amines) is 1. The molecule has 1 fully saturated rings. The van der Waals surface area contributed by atoms with Crippen LogP contribution in [0.5, 0.6) is 5.75 Å². The molecule has 2 aliphatic rings. The van der Waals surface area contributed by atoms with Gasteiger partial charge in [0.2, 0.25) is 5.91 Å². The number of ether oxygens (including phenoxy) is 1. The molecule has 3 rings (SSSR count). The van der Waals surface area contributed by atoms with E-state index >= 15 is 0 Å². The van der Waals surface area contributed by atoms with Crippen molar-refractivity contribution in [1.29, 1.82) is 0 Å². The molecule has 1 aromatic rings. The number of amides is 1. The lowest BCUT2D eigenvalue weighted by Crippen LogP contribution is -2.42. The van der Waals surface area contributed by atoms with Crippen LogP contribution in [-0.4, -0.2) is 42.2 Å². The molecular formula is C15H19NO3. The van der Waals surface area contributed by atoms with Gasteiger partial charge in [-0.25, -0.2) is 0 Å². The van der Waals surface area contributed by atoms with E-state index in [9.17, 15) is 4.79 Å². The van der Waals surface area contributed by atoms with Crippen molar-refractivity contribution in [2.45, 2.75) is 18.8 Å². The number of fused-ring (bicyclic) bond motifs is 1. The van der Waals surface area contributed by atoms with E-state index in [1.54, 1.807) is 0 Å². The van der Waals surface area contributed by atoms with Crippen molar-refractivity contribution in [1.82, 2.24) is 4.90 Å². The second kappa shape index (κ2) is 5.21. The number of hydrogen-bond acceptors (Lipinski definition) is 3. The lowest BCUT2D eigenvalue weighted by molar-refractivity contribution is -0.134. The standard InChI is InChI=1S/C15H19NO3/c17-9-11-5-7-16(8-6-11)15(18)13-10-19-14-4-2-1-3-12(13)14/h1-4,11,13,17H,5-10H2. The van der Waals surface area contributed by atoms with Gasteiger partial charge < -0.3 is 14.7 Å². The normalized spacial score (nSPS) is 23.0. The number of aliphatic hydroxyl groups is 1. The molecule has 0 bridgehead atoms. The number of nitrogens with zero attached hydrogens (tertiary/aromatic N) is 1. The summed E-state index contributed by atoms with van der Waals surface area (Å²) in [4.78, 5) is 14.5. The minimum Gasteiger partial charge on any atom is -0.492 e. The minimum absolute atomic E-state index is 0.151. The van der Waals surface area contributed by atoms with E-state index in [0.717, 1.165) is 37.2 Å². The highest BCUT2D eigenvalue weighted by atomic mass is 16.5. The highest BCUT2D eigenvalue weighted by molar-refractivity contribution is 5.85. The Morgan fingerprint density at radius 2 is 2.05 bits per heavy atom. The Balaban J connectivity index is 1.69. The lowest BCUT2D eigenvalue weighted by Gasteiger charge is -2.32. The molecule has 1 atom stereocenters. The van der Waals surface area contributed by atoms with Gasteiger partial charge in [0, 0.05) is 25.3 Å². The van der Waals surface area contributed by atoms with Crippen LogP contribution in [0.2, 0.25) is 0 Å². The van der Waals surface area contributed by atoms with Crippen LogP contribution in [0, 0.1) is 5.92 Å². The summed E-state index contributed by atoms with van der Waals surface area (Å²) in [6.07, 6.45) is 1.80. The van der Waals surface area contributed by atoms with Crippen molar-refractivity contribution in [3.8, 4) is 5.75 Å². The summed E-state index contributed by atoms with van der Waals surface area (Å²) in [6, 6.07) is 7.77. The van der Waals surface area contributed by atoms with Gasteiger partial charge in [0.05, 0.1) is 0 Å². The molecule has 0 saturated carbocycles. The van der Waals surface area contributed by atoms with Crippen LogP contribution in [0.4, 0.5) is 0 Å². The second-order valence-electron chi connectivity index (χ2n) is 5.35. The Bertz CT molecular complexity index is 466. The largest absolute Gasteiger partial charge is 0.492 e. The van der Waals surface area contributed by atoms with Crippen LogP contribution in [0.25, 0.3) is 0 Å². The van der Waals surface area contributed by atoms with Gasteiger partial charge in [-0.1, -0.05) is 18.2 Å². The SMILES string of the molecule is O=C(C1COc2ccccc21)N1CCC(CO)CC1. The van der Waals surface area contributed by atoms with Gasteiger partial charge in [-0.2, -0.15) is 0 Å². The van der Waals surface area contributed by atoms with Crippen LogP contribution in [0.3, 0.4) is 0 Å². The quantitative estimate of drug-likeness (QED) is 0.875. The fraction of sp³-hybridized carbons (Fsp3) is 0.533. The molecule has 1 aromatic carbocycles. The Morgan fingerprint density at radius 1 is 1.32 bits per heavy atom. The maximum atomic E-state index is 12.5. The van der Waals surface area contributed by atoms with Crippen molar-refractivity contribution < 1.29 is 14.6 Å². The molecule has 1 amide bonds. The van der Waals surface area contributed by atoms with E-state index in [1.165, 1.54) is 0 Å². The minimum atomic E-state index is -0.151. The molecular weight excluding hydrogens is 242 g/mol. The summed E-state index contributed by atoms with van der Waals surface area (Å²) in [6.45, 7) is 2.20. The van der Waals surface area contributed by atoms with Crippen molar-refractivity contribution >= 4 is 5.91 Å². The average molecular weight is 261 g/mol. The van der Waals surface area contributed by atoms with Crippen LogP contribution in [0.1, 0.15) is 24.3 Å². The number of aliphatic hydroxyl groups excluding tert-OH is 1. The number of carbonyl (C=O) groups is 1. The van der Waals surface area contributed by atoms with Crippen molar-refractivity contribution in [2.24, 2.45) is 5.92 Å². The molecule has 4 nitrogen and oxygen atoms in total. The van der Waals surface area contributed by atoms with E-state index in [1.807, 2.05) is 29.2 Å². The smallest absolute Gasteiger partial charge is 0.233 e. The number of hydrogen-bond donors (Lipinski definition) is 1. The number of benzene rings is 1. The van der Waals surface area contributed by atoms with Crippen molar-refractivity contribution in [3.05, 3.63) is 29.8 Å². The number of carbonyl (C=O) groups excluding carboxylic acids is 1. The third-order valence-corrected chi connectivity index (χ3v) is 4.18. The first-order chi connectivity index (χ1) is 9.29. The zero-order chi connectivity index (χ0) is 13.2. The molecule has 0 aliphatic carbocycles. The van der Waals surface area contributed by atoms with Gasteiger partial charge in [0.1, 0.15) is 18.3 Å². The van der Waals surface area contributed by atoms with Crippen LogP contribution >= 0.6 is 0 Å². The predicted molar refractivity (Wildman–Crippen MR) is 71.1 cm³/mol. The third kappa shape index (κ3) is 2.32. The van der Waals surface area contributed by atoms with Crippen LogP contribution < -0.4 is 4.74 Å². The summed E-state index contributed by atoms with van der Waals surface area (Å²) in [7, 11) is 0. The lowest BCUT2D eigenvalue weighted by atomic mass is 9.95. The molecule has 0 aromatic heterocycles. The van der Waals surface area contributed by atoms with Gasteiger partial charge in [-0.15, -0.1) is 0 Å². The van der Waals surface area contributed by atoms with Gasteiger partial charge >= 0.3 is 0 Å². The average Bonchev–Trinajstić information content (AvgIpc) is 2.90. The summed E-state index contributed by atoms with van der Waals surface area (Å²) in [5.41, 5.74) is 1.01. The third-order valence-electron chi connectivity index (χ3n) is 4.18. The summed E-state index contributed by atoms with van der Waals surface area (Å²) in [5, 5.41) is 9.13. The van der Waals surface area contributed by atoms with Gasteiger partial charge in [-0.3, -0.25) is 4.79 Å². The van der Waals surface area contributed by atoms with Crippen LogP contribution in [0.15, 0.2) is 24.3 Å². The Morgan fingerprint density at radius 3 is 2.79 bits per heavy atom. The molecule has 2 aliphatic heterocycles. The summed E-state index contributed by atoms with van der Waals surface area (Å²) >= 11 is 0. The van der Waals surface area contributed by atoms with E-state index in [-0.39, 0.29) is 18.4 Å². The summed E-state index contributed by atoms with van der Waals surface area (Å²) in [5.74, 6) is 1.21. The fourth-order valence-electron chi connectivity index (χ4n) is 2.92. The van der Waals surface area contributed by atoms with E-state index in [2.05, 4.69) is 0 Å². The summed E-state index contributed by atoms with van der Waals surface area (Å²) < 4.78 is 5.58. The Hall–Kier alpha value is -1.55. The van der Waals surface area contributed by atoms with E-state index in [4.69, 9.17) is 9.84 Å². The molecule has 19 heavy (non-hydrogen) atoms. The Kier molecular flexibility index (Phi) is 3.42. The fourth-order valence-corrected chi connectivity index (χ4v) is 2.92. The van der Waals surface area contributed by atoms with Crippen molar-refractivity contribution in [2.75, 3.05) is 26.3 Å². The van der Waals surface area contributed by atoms with E-state index < -0.39 is 0 Å². The Labute approximate surface area is 113 Å². The molecule has 102 valence electrons. The monoisotopic (exact) mass is 261 g/mol. The topological polar surface area (TPSA) is 49.8 Å². The van der Waals surface area contributed by atoms with Gasteiger partial charge in [0.25, 0.3) is 0 Å². The first-order valence-electron chi connectivity index (χ1n) is 6.91. The molecule has 1 unspecified atom stereocenters. The highest BCUT2D eigenvalue weighted by Gasteiger charge is 2.34. The molecule has 0 radical (unpaired) electrons. The molecule has 4 heteroatoms. The van der Waals surface area contributed by atoms with Gasteiger partial charge in [0.15, 0.2) is 0 Å². The first-order valence-corrected chi connectivity index (χ1v) is 6.91. The molecule has 2 heterocycles. The van der Waals surface area contributed by atoms with Crippen LogP contribution in [-0.2, 0) is 4.79 Å². The first kappa shape index (κ1) is 12.5. The maximum absolute atomic E-state index is 12.5. The molecule has 1 N–H and O–H groups in total. The molecule has 0 spiro atoms. The molecule has 1 saturated heterocycles. The van der Waals surface area contributed by atoms with Crippen molar-refractivity contribution in [3.63, 3.8) is 0 Å². The van der Waals surface area contributed by atoms with Gasteiger partial charge in [-0.05, 0) is 24.8 Å². The predicted octanol–water partition coefficient (Wildman–Crippen LogP) is 1.39. The number of rotatable bonds is 2. The highest BCUT2D eigenvalue weighted by Crippen LogP contribution is 2.35.